The molecule has 3 aliphatic rings. The first-order chi connectivity index (χ1) is 8.59. The van der Waals surface area contributed by atoms with Gasteiger partial charge in [-0.3, -0.25) is 0 Å². The number of ether oxygens (including phenoxy) is 1. The van der Waals surface area contributed by atoms with Gasteiger partial charge in [0.25, 0.3) is 11.6 Å². The van der Waals surface area contributed by atoms with Gasteiger partial charge >= 0.3 is 5.97 Å². The van der Waals surface area contributed by atoms with Crippen LogP contribution in [-0.2, 0) is 9.53 Å². The molecule has 5 atom stereocenters. The molecule has 0 aliphatic heterocycles. The molecule has 0 amide bonds. The monoisotopic (exact) mass is 274 g/mol. The molecule has 2 nitrogen and oxygen atoms in total. The van der Waals surface area contributed by atoms with Crippen molar-refractivity contribution in [3.05, 3.63) is 12.2 Å². The van der Waals surface area contributed by atoms with E-state index in [0.717, 1.165) is 0 Å². The standard InChI is InChI=1S/C14H17F3O2/c1-12(2,3)19-11(18)13(15)9-7-4-5-8(6-7)10(9)14(13,16)17/h4-5,7-10H,6H2,1-3H3. The predicted molar refractivity (Wildman–Crippen MR) is 62.3 cm³/mol. The van der Waals surface area contributed by atoms with Crippen LogP contribution in [0.1, 0.15) is 27.2 Å². The largest absolute Gasteiger partial charge is 0.457 e. The van der Waals surface area contributed by atoms with Crippen LogP contribution in [-0.4, -0.2) is 23.2 Å². The molecule has 0 aromatic carbocycles. The van der Waals surface area contributed by atoms with Crippen LogP contribution in [0.25, 0.3) is 0 Å². The minimum absolute atomic E-state index is 0.257. The maximum Gasteiger partial charge on any atom is 0.351 e. The lowest BCUT2D eigenvalue weighted by atomic mass is 9.55. The molecule has 0 heterocycles. The number of carbonyl (C=O) groups is 1. The summed E-state index contributed by atoms with van der Waals surface area (Å²) >= 11 is 0. The third-order valence-corrected chi connectivity index (χ3v) is 4.52. The van der Waals surface area contributed by atoms with Gasteiger partial charge in [0.05, 0.1) is 0 Å². The molecule has 2 fully saturated rings. The van der Waals surface area contributed by atoms with Gasteiger partial charge in [-0.15, -0.1) is 0 Å². The van der Waals surface area contributed by atoms with Crippen molar-refractivity contribution < 1.29 is 22.7 Å². The van der Waals surface area contributed by atoms with Crippen LogP contribution in [0, 0.1) is 23.7 Å². The van der Waals surface area contributed by atoms with Gasteiger partial charge < -0.3 is 4.74 Å². The van der Waals surface area contributed by atoms with Crippen molar-refractivity contribution in [1.82, 2.24) is 0 Å². The zero-order valence-corrected chi connectivity index (χ0v) is 11.1. The second-order valence-electron chi connectivity index (χ2n) is 6.84. The summed E-state index contributed by atoms with van der Waals surface area (Å²) in [5.74, 6) is -7.55. The Labute approximate surface area is 110 Å². The molecule has 3 aliphatic carbocycles. The van der Waals surface area contributed by atoms with Crippen molar-refractivity contribution in [2.45, 2.75) is 44.4 Å². The lowest BCUT2D eigenvalue weighted by molar-refractivity contribution is -0.299. The lowest BCUT2D eigenvalue weighted by Gasteiger charge is -2.55. The van der Waals surface area contributed by atoms with E-state index in [1.165, 1.54) is 0 Å². The van der Waals surface area contributed by atoms with E-state index in [-0.39, 0.29) is 11.8 Å². The van der Waals surface area contributed by atoms with Crippen molar-refractivity contribution in [2.24, 2.45) is 23.7 Å². The molecule has 0 aromatic rings. The molecule has 2 saturated carbocycles. The van der Waals surface area contributed by atoms with Gasteiger partial charge in [0, 0.05) is 11.8 Å². The van der Waals surface area contributed by atoms with E-state index in [2.05, 4.69) is 0 Å². The summed E-state index contributed by atoms with van der Waals surface area (Å²) in [5.41, 5.74) is -4.13. The zero-order valence-electron chi connectivity index (χ0n) is 11.1. The van der Waals surface area contributed by atoms with Crippen LogP contribution in [0.4, 0.5) is 13.2 Å². The number of esters is 1. The first-order valence-electron chi connectivity index (χ1n) is 6.57. The number of alkyl halides is 3. The smallest absolute Gasteiger partial charge is 0.351 e. The van der Waals surface area contributed by atoms with Crippen LogP contribution >= 0.6 is 0 Å². The SMILES string of the molecule is CC(C)(C)OC(=O)C1(F)C2C3C=CC(C3)C2C1(F)F. The van der Waals surface area contributed by atoms with Crippen LogP contribution in [0.5, 0.6) is 0 Å². The number of carbonyl (C=O) groups excluding carboxylic acids is 1. The number of allylic oxidation sites excluding steroid dienone is 2. The van der Waals surface area contributed by atoms with Crippen LogP contribution in [0.2, 0.25) is 0 Å². The summed E-state index contributed by atoms with van der Waals surface area (Å²) in [6.07, 6.45) is 4.02. The Bertz CT molecular complexity index is 466. The second kappa shape index (κ2) is 3.36. The first-order valence-corrected chi connectivity index (χ1v) is 6.57. The summed E-state index contributed by atoms with van der Waals surface area (Å²) in [6, 6.07) is 0. The highest BCUT2D eigenvalue weighted by Crippen LogP contribution is 2.71. The average molecular weight is 274 g/mol. The Kier molecular flexibility index (Phi) is 2.30. The average Bonchev–Trinajstić information content (AvgIpc) is 2.83. The normalized spacial score (nSPS) is 45.8. The van der Waals surface area contributed by atoms with E-state index in [1.54, 1.807) is 32.9 Å². The minimum atomic E-state index is -3.62. The fraction of sp³-hybridized carbons (Fsp3) is 0.786. The molecule has 0 saturated heterocycles. The van der Waals surface area contributed by atoms with E-state index in [1.807, 2.05) is 0 Å². The quantitative estimate of drug-likeness (QED) is 0.542. The number of rotatable bonds is 1. The molecule has 5 heteroatoms. The van der Waals surface area contributed by atoms with E-state index >= 15 is 0 Å². The number of hydrogen-bond acceptors (Lipinski definition) is 2. The molecule has 0 N–H and O–H groups in total. The van der Waals surface area contributed by atoms with Crippen molar-refractivity contribution in [2.75, 3.05) is 0 Å². The highest BCUT2D eigenvalue weighted by Gasteiger charge is 2.85. The van der Waals surface area contributed by atoms with Crippen LogP contribution in [0.15, 0.2) is 12.2 Å². The summed E-state index contributed by atoms with van der Waals surface area (Å²) in [5, 5.41) is 0. The second-order valence-corrected chi connectivity index (χ2v) is 6.84. The van der Waals surface area contributed by atoms with Crippen LogP contribution < -0.4 is 0 Å². The van der Waals surface area contributed by atoms with Gasteiger partial charge in [0.15, 0.2) is 0 Å². The summed E-state index contributed by atoms with van der Waals surface area (Å²) in [6.45, 7) is 4.63. The Morgan fingerprint density at radius 3 is 2.21 bits per heavy atom. The van der Waals surface area contributed by atoms with Crippen molar-refractivity contribution in [3.63, 3.8) is 0 Å². The third-order valence-electron chi connectivity index (χ3n) is 4.52. The molecule has 0 radical (unpaired) electrons. The molecular formula is C14H17F3O2. The predicted octanol–water partition coefficient (Wildman–Crippen LogP) is 3.12. The van der Waals surface area contributed by atoms with Gasteiger partial charge in [0.2, 0.25) is 0 Å². The maximum atomic E-state index is 14.8. The van der Waals surface area contributed by atoms with Crippen molar-refractivity contribution >= 4 is 5.97 Å². The lowest BCUT2D eigenvalue weighted by Crippen LogP contribution is -2.74. The van der Waals surface area contributed by atoms with Gasteiger partial charge in [-0.1, -0.05) is 12.2 Å². The fourth-order valence-corrected chi connectivity index (χ4v) is 3.85. The van der Waals surface area contributed by atoms with Gasteiger partial charge in [-0.05, 0) is 39.0 Å². The maximum absolute atomic E-state index is 14.8. The summed E-state index contributed by atoms with van der Waals surface area (Å²) < 4.78 is 47.9. The molecule has 106 valence electrons. The van der Waals surface area contributed by atoms with Crippen molar-refractivity contribution in [1.29, 1.82) is 0 Å². The Morgan fingerprint density at radius 1 is 1.16 bits per heavy atom. The Morgan fingerprint density at radius 2 is 1.68 bits per heavy atom. The molecule has 5 unspecified atom stereocenters. The number of hydrogen-bond donors (Lipinski definition) is 0. The molecule has 3 rings (SSSR count). The highest BCUT2D eigenvalue weighted by molar-refractivity contribution is 5.84. The van der Waals surface area contributed by atoms with E-state index < -0.39 is 35.0 Å². The van der Waals surface area contributed by atoms with Gasteiger partial charge in [-0.2, -0.15) is 0 Å². The first kappa shape index (κ1) is 13.0. The van der Waals surface area contributed by atoms with E-state index in [4.69, 9.17) is 4.74 Å². The van der Waals surface area contributed by atoms with E-state index in [9.17, 15) is 18.0 Å². The topological polar surface area (TPSA) is 26.3 Å². The summed E-state index contributed by atoms with van der Waals surface area (Å²) in [4.78, 5) is 11.9. The number of fused-ring (bicyclic) bond motifs is 5. The molecule has 0 aromatic heterocycles. The Hall–Kier alpha value is -1.00. The Balaban J connectivity index is 1.92. The van der Waals surface area contributed by atoms with Gasteiger partial charge in [0.1, 0.15) is 5.60 Å². The van der Waals surface area contributed by atoms with E-state index in [0.29, 0.717) is 6.42 Å². The highest BCUT2D eigenvalue weighted by atomic mass is 19.3. The van der Waals surface area contributed by atoms with Gasteiger partial charge in [-0.25, -0.2) is 18.0 Å². The molecular weight excluding hydrogens is 257 g/mol. The zero-order chi connectivity index (χ0) is 14.2. The summed E-state index contributed by atoms with van der Waals surface area (Å²) in [7, 11) is 0. The number of halogens is 3. The van der Waals surface area contributed by atoms with Crippen LogP contribution in [0.3, 0.4) is 0 Å². The molecule has 19 heavy (non-hydrogen) atoms. The fourth-order valence-electron chi connectivity index (χ4n) is 3.85. The van der Waals surface area contributed by atoms with Crippen molar-refractivity contribution in [3.8, 4) is 0 Å². The molecule has 2 bridgehead atoms. The molecule has 0 spiro atoms. The third kappa shape index (κ3) is 1.41. The minimum Gasteiger partial charge on any atom is -0.457 e.